The molecule has 0 bridgehead atoms. The minimum Gasteiger partial charge on any atom is -0.465 e. The summed E-state index contributed by atoms with van der Waals surface area (Å²) in [5.74, 6) is 2.93. The maximum absolute atomic E-state index is 10.3. The van der Waals surface area contributed by atoms with Crippen molar-refractivity contribution in [3.63, 3.8) is 0 Å². The Kier molecular flexibility index (Phi) is 2.98. The number of carbonyl (C=O) groups is 1. The number of hydrogen-bond donors (Lipinski definition) is 2. The van der Waals surface area contributed by atoms with Gasteiger partial charge in [-0.15, -0.1) is 12.3 Å². The van der Waals surface area contributed by atoms with Gasteiger partial charge in [-0.1, -0.05) is 6.42 Å². The molecule has 0 heterocycles. The highest BCUT2D eigenvalue weighted by atomic mass is 16.4. The van der Waals surface area contributed by atoms with E-state index < -0.39 is 6.09 Å². The molecule has 1 amide bonds. The van der Waals surface area contributed by atoms with E-state index in [1.54, 1.807) is 0 Å². The lowest BCUT2D eigenvalue weighted by Crippen LogP contribution is -2.37. The quantitative estimate of drug-likeness (QED) is 0.581. The number of hydrogen-bond acceptors (Lipinski definition) is 1. The first-order valence-electron chi connectivity index (χ1n) is 4.18. The molecule has 1 aliphatic carbocycles. The summed E-state index contributed by atoms with van der Waals surface area (Å²) in [6.07, 6.45) is 8.10. The van der Waals surface area contributed by atoms with Crippen molar-refractivity contribution in [3.05, 3.63) is 0 Å². The minimum absolute atomic E-state index is 0.0669. The summed E-state index contributed by atoms with van der Waals surface area (Å²) in [5, 5.41) is 10.9. The van der Waals surface area contributed by atoms with Gasteiger partial charge in [0.25, 0.3) is 0 Å². The normalized spacial score (nSPS) is 28.9. The van der Waals surface area contributed by atoms with Crippen LogP contribution in [-0.2, 0) is 0 Å². The third-order valence-electron chi connectivity index (χ3n) is 2.24. The molecule has 12 heavy (non-hydrogen) atoms. The molecule has 0 unspecified atom stereocenters. The summed E-state index contributed by atoms with van der Waals surface area (Å²) in [4.78, 5) is 10.3. The van der Waals surface area contributed by atoms with Crippen molar-refractivity contribution >= 4 is 6.09 Å². The monoisotopic (exact) mass is 167 g/mol. The van der Waals surface area contributed by atoms with Crippen LogP contribution in [0.5, 0.6) is 0 Å². The lowest BCUT2D eigenvalue weighted by Gasteiger charge is -2.25. The van der Waals surface area contributed by atoms with Gasteiger partial charge < -0.3 is 10.4 Å². The molecule has 1 aliphatic rings. The van der Waals surface area contributed by atoms with E-state index in [9.17, 15) is 4.79 Å². The third kappa shape index (κ3) is 2.46. The molecule has 0 aromatic carbocycles. The summed E-state index contributed by atoms with van der Waals surface area (Å²) < 4.78 is 0. The van der Waals surface area contributed by atoms with Gasteiger partial charge in [0.1, 0.15) is 0 Å². The maximum atomic E-state index is 10.3. The molecule has 0 saturated heterocycles. The van der Waals surface area contributed by atoms with Gasteiger partial charge >= 0.3 is 6.09 Å². The second-order valence-electron chi connectivity index (χ2n) is 3.18. The molecular weight excluding hydrogens is 154 g/mol. The standard InChI is InChI=1S/C9H13NO2/c1-2-7-4-3-5-8(6-7)10-9(11)12/h1,7-8,10H,3-6H2,(H,11,12)/t7-,8+/m1/s1. The first-order chi connectivity index (χ1) is 5.72. The minimum atomic E-state index is -0.947. The van der Waals surface area contributed by atoms with Crippen molar-refractivity contribution in [2.24, 2.45) is 5.92 Å². The van der Waals surface area contributed by atoms with Gasteiger partial charge in [-0.2, -0.15) is 0 Å². The SMILES string of the molecule is C#C[C@@H]1CCC[C@H](NC(=O)O)C1. The molecule has 3 nitrogen and oxygen atoms in total. The number of amides is 1. The highest BCUT2D eigenvalue weighted by Gasteiger charge is 2.21. The summed E-state index contributed by atoms with van der Waals surface area (Å²) in [6, 6.07) is 0.0669. The van der Waals surface area contributed by atoms with Crippen LogP contribution in [0.1, 0.15) is 25.7 Å². The molecule has 0 aliphatic heterocycles. The largest absolute Gasteiger partial charge is 0.465 e. The van der Waals surface area contributed by atoms with Crippen LogP contribution in [0, 0.1) is 18.3 Å². The topological polar surface area (TPSA) is 49.3 Å². The van der Waals surface area contributed by atoms with E-state index in [0.29, 0.717) is 0 Å². The molecule has 1 fully saturated rings. The van der Waals surface area contributed by atoms with Gasteiger partial charge in [0, 0.05) is 12.0 Å². The Balaban J connectivity index is 2.36. The van der Waals surface area contributed by atoms with Gasteiger partial charge in [-0.25, -0.2) is 4.79 Å². The fourth-order valence-corrected chi connectivity index (χ4v) is 1.65. The zero-order valence-electron chi connectivity index (χ0n) is 6.92. The Morgan fingerprint density at radius 1 is 1.58 bits per heavy atom. The Hall–Kier alpha value is -1.17. The van der Waals surface area contributed by atoms with Crippen molar-refractivity contribution < 1.29 is 9.90 Å². The lowest BCUT2D eigenvalue weighted by molar-refractivity contribution is 0.184. The number of rotatable bonds is 1. The zero-order chi connectivity index (χ0) is 8.97. The van der Waals surface area contributed by atoms with Crippen molar-refractivity contribution in [2.75, 3.05) is 0 Å². The fourth-order valence-electron chi connectivity index (χ4n) is 1.65. The predicted octanol–water partition coefficient (Wildman–Crippen LogP) is 1.45. The van der Waals surface area contributed by atoms with Crippen LogP contribution in [0.3, 0.4) is 0 Å². The van der Waals surface area contributed by atoms with Gasteiger partial charge in [0.15, 0.2) is 0 Å². The zero-order valence-corrected chi connectivity index (χ0v) is 6.92. The fraction of sp³-hybridized carbons (Fsp3) is 0.667. The highest BCUT2D eigenvalue weighted by Crippen LogP contribution is 2.23. The maximum Gasteiger partial charge on any atom is 0.404 e. The number of carboxylic acid groups (broad SMARTS) is 1. The van der Waals surface area contributed by atoms with E-state index in [-0.39, 0.29) is 12.0 Å². The summed E-state index contributed by atoms with van der Waals surface area (Å²) in [7, 11) is 0. The molecule has 3 heteroatoms. The van der Waals surface area contributed by atoms with Crippen LogP contribution in [-0.4, -0.2) is 17.2 Å². The molecule has 0 aromatic heterocycles. The van der Waals surface area contributed by atoms with Crippen molar-refractivity contribution in [2.45, 2.75) is 31.7 Å². The van der Waals surface area contributed by atoms with E-state index in [1.807, 2.05) is 0 Å². The van der Waals surface area contributed by atoms with E-state index in [0.717, 1.165) is 25.7 Å². The smallest absolute Gasteiger partial charge is 0.404 e. The molecule has 1 rings (SSSR count). The third-order valence-corrected chi connectivity index (χ3v) is 2.24. The van der Waals surface area contributed by atoms with Gasteiger partial charge in [-0.3, -0.25) is 0 Å². The summed E-state index contributed by atoms with van der Waals surface area (Å²) in [5.41, 5.74) is 0. The average molecular weight is 167 g/mol. The molecular formula is C9H13NO2. The van der Waals surface area contributed by atoms with Crippen molar-refractivity contribution in [1.29, 1.82) is 0 Å². The average Bonchev–Trinajstić information content (AvgIpc) is 2.03. The van der Waals surface area contributed by atoms with Gasteiger partial charge in [-0.05, 0) is 19.3 Å². The Bertz CT molecular complexity index is 207. The molecule has 66 valence electrons. The number of terminal acetylenes is 1. The Labute approximate surface area is 72.2 Å². The number of nitrogens with one attached hydrogen (secondary N) is 1. The van der Waals surface area contributed by atoms with E-state index in [4.69, 9.17) is 11.5 Å². The van der Waals surface area contributed by atoms with E-state index >= 15 is 0 Å². The van der Waals surface area contributed by atoms with Crippen LogP contribution in [0.15, 0.2) is 0 Å². The van der Waals surface area contributed by atoms with Gasteiger partial charge in [0.2, 0.25) is 0 Å². The molecule has 0 spiro atoms. The first kappa shape index (κ1) is 8.92. The highest BCUT2D eigenvalue weighted by molar-refractivity contribution is 5.64. The summed E-state index contributed by atoms with van der Waals surface area (Å²) in [6.45, 7) is 0. The first-order valence-corrected chi connectivity index (χ1v) is 4.18. The van der Waals surface area contributed by atoms with E-state index in [1.165, 1.54) is 0 Å². The molecule has 1 saturated carbocycles. The van der Waals surface area contributed by atoms with Crippen molar-refractivity contribution in [3.8, 4) is 12.3 Å². The Morgan fingerprint density at radius 3 is 2.92 bits per heavy atom. The molecule has 0 radical (unpaired) electrons. The molecule has 0 aromatic rings. The van der Waals surface area contributed by atoms with Crippen LogP contribution < -0.4 is 5.32 Å². The van der Waals surface area contributed by atoms with E-state index in [2.05, 4.69) is 11.2 Å². The van der Waals surface area contributed by atoms with Gasteiger partial charge in [0.05, 0.1) is 0 Å². The predicted molar refractivity (Wildman–Crippen MR) is 45.7 cm³/mol. The Morgan fingerprint density at radius 2 is 2.33 bits per heavy atom. The second-order valence-corrected chi connectivity index (χ2v) is 3.18. The molecule has 2 atom stereocenters. The van der Waals surface area contributed by atoms with Crippen molar-refractivity contribution in [1.82, 2.24) is 5.32 Å². The van der Waals surface area contributed by atoms with Crippen LogP contribution >= 0.6 is 0 Å². The molecule has 2 N–H and O–H groups in total. The summed E-state index contributed by atoms with van der Waals surface area (Å²) >= 11 is 0. The second kappa shape index (κ2) is 4.01. The van der Waals surface area contributed by atoms with Crippen LogP contribution in [0.25, 0.3) is 0 Å². The van der Waals surface area contributed by atoms with Crippen LogP contribution in [0.4, 0.5) is 4.79 Å². The lowest BCUT2D eigenvalue weighted by atomic mass is 9.86. The van der Waals surface area contributed by atoms with Crippen LogP contribution in [0.2, 0.25) is 0 Å².